The summed E-state index contributed by atoms with van der Waals surface area (Å²) < 4.78 is 15.7. The minimum atomic E-state index is -2.73. The molecule has 2 heterocycles. The highest BCUT2D eigenvalue weighted by atomic mass is 32.2. The van der Waals surface area contributed by atoms with E-state index in [-0.39, 0.29) is 54.1 Å². The molecular formula is C62H85N10O11SSi+. The first kappa shape index (κ1) is 66.5. The molecule has 21 nitrogen and oxygen atoms in total. The summed E-state index contributed by atoms with van der Waals surface area (Å²) >= 11 is 1.44. The Labute approximate surface area is 503 Å². The van der Waals surface area contributed by atoms with Gasteiger partial charge in [0, 0.05) is 25.0 Å². The van der Waals surface area contributed by atoms with E-state index in [2.05, 4.69) is 116 Å². The maximum Gasteiger partial charge on any atom is 0.346 e. The van der Waals surface area contributed by atoms with Crippen LogP contribution in [0.1, 0.15) is 85.3 Å². The van der Waals surface area contributed by atoms with Crippen molar-refractivity contribution in [3.8, 4) is 0 Å². The van der Waals surface area contributed by atoms with Crippen LogP contribution >= 0.6 is 11.8 Å². The summed E-state index contributed by atoms with van der Waals surface area (Å²) in [6.07, 6.45) is 0.0344. The minimum absolute atomic E-state index is 0.0284. The van der Waals surface area contributed by atoms with E-state index >= 15 is 0 Å². The van der Waals surface area contributed by atoms with Crippen LogP contribution in [-0.2, 0) is 60.5 Å². The molecule has 0 bridgehead atoms. The molecule has 0 saturated heterocycles. The van der Waals surface area contributed by atoms with Gasteiger partial charge in [0.25, 0.3) is 8.32 Å². The molecule has 0 spiro atoms. The number of benzene rings is 4. The number of aliphatic carboxylic acids is 1. The SMILES string of the molecule is CC(C)C[C@H](NC(=O)[C@@H](NC(=O)[C@H](C)NC(=O)CNC(=O)CSCC1CC[N+]2=C(NC(CO[Si](c3ccccc3)(c3ccccc3)C(C)(C)C)CC2)N1)[C@@H](C)OCc1ccccc1)C(=O)N[C@@H](CC(N)=O)C(=O)N[C@@H](Cc1ccccc1)C(=O)O. The number of carboxylic acid groups (broad SMARTS) is 1. The number of hydrogen-bond donors (Lipinski definition) is 10. The number of amides is 7. The van der Waals surface area contributed by atoms with Crippen molar-refractivity contribution in [1.82, 2.24) is 42.5 Å². The fraction of sp³-hybridized carbons (Fsp3) is 0.468. The lowest BCUT2D eigenvalue weighted by molar-refractivity contribution is -0.542. The topological polar surface area (TPSA) is 301 Å². The average Bonchev–Trinajstić information content (AvgIpc) is 1.46. The van der Waals surface area contributed by atoms with Crippen LogP contribution in [0.15, 0.2) is 121 Å². The van der Waals surface area contributed by atoms with E-state index in [0.717, 1.165) is 37.5 Å². The van der Waals surface area contributed by atoms with E-state index in [9.17, 15) is 43.5 Å². The van der Waals surface area contributed by atoms with Gasteiger partial charge in [0.2, 0.25) is 41.4 Å². The van der Waals surface area contributed by atoms with Gasteiger partial charge in [-0.3, -0.25) is 48.8 Å². The molecule has 0 fully saturated rings. The molecule has 6 rings (SSSR count). The van der Waals surface area contributed by atoms with E-state index < -0.39 is 99.0 Å². The lowest BCUT2D eigenvalue weighted by Gasteiger charge is -2.44. The van der Waals surface area contributed by atoms with Crippen molar-refractivity contribution in [3.63, 3.8) is 0 Å². The summed E-state index contributed by atoms with van der Waals surface area (Å²) in [6.45, 7) is 15.3. The predicted molar refractivity (Wildman–Crippen MR) is 329 cm³/mol. The largest absolute Gasteiger partial charge is 0.480 e. The summed E-state index contributed by atoms with van der Waals surface area (Å²) in [4.78, 5) is 106. The van der Waals surface area contributed by atoms with Crippen molar-refractivity contribution < 1.29 is 57.2 Å². The van der Waals surface area contributed by atoms with Crippen molar-refractivity contribution in [2.45, 2.75) is 141 Å². The molecule has 458 valence electrons. The number of primary amides is 1. The summed E-state index contributed by atoms with van der Waals surface area (Å²) in [5.41, 5.74) is 6.85. The first-order chi connectivity index (χ1) is 40.5. The average molecular weight is 1210 g/mol. The number of ether oxygens (including phenoxy) is 1. The molecule has 2 aliphatic rings. The van der Waals surface area contributed by atoms with E-state index in [1.165, 1.54) is 29.1 Å². The standard InChI is InChI=1S/C62H84N10O11SSi/c1-40(2)32-49(57(77)68-50(34-52(63)73)58(78)70-51(60(80)81)33-43-20-12-8-13-21-43)69-59(79)55(42(4)82-36-44-22-14-9-15-23-44)71-56(76)41(3)65-53(74)35-64-54(75)39-84-38-46-29-31-72-30-28-45(66-61(72)67-46)37-83-85(62(5,6)7,47-24-16-10-17-25-47)48-26-18-11-19-27-48/h8-27,40-42,45-46,49-51,55H,28-39H2,1-7H3,(H10,63,64,65,66,67,68,69,70,71,73,74,75,76,77,78,79,80,81)/p+1/t41-,42+,45?,46?,49-,50-,51-,55-/m0/s1. The van der Waals surface area contributed by atoms with Crippen molar-refractivity contribution in [2.24, 2.45) is 11.7 Å². The van der Waals surface area contributed by atoms with Gasteiger partial charge in [-0.1, -0.05) is 156 Å². The number of nitrogens with zero attached hydrogens (tertiary/aromatic N) is 1. The van der Waals surface area contributed by atoms with Gasteiger partial charge in [-0.05, 0) is 52.7 Å². The highest BCUT2D eigenvalue weighted by molar-refractivity contribution is 8.00. The second-order valence-corrected chi connectivity index (χ2v) is 28.5. The van der Waals surface area contributed by atoms with Gasteiger partial charge in [-0.25, -0.2) is 4.79 Å². The van der Waals surface area contributed by atoms with Crippen LogP contribution in [0.5, 0.6) is 0 Å². The zero-order chi connectivity index (χ0) is 61.7. The minimum Gasteiger partial charge on any atom is -0.480 e. The normalized spacial score (nSPS) is 17.2. The Hall–Kier alpha value is -7.60. The molecule has 4 aromatic carbocycles. The molecule has 2 unspecified atom stereocenters. The van der Waals surface area contributed by atoms with Gasteiger partial charge >= 0.3 is 11.9 Å². The van der Waals surface area contributed by atoms with E-state index in [1.54, 1.807) is 51.1 Å². The lowest BCUT2D eigenvalue weighted by atomic mass is 10.0. The third-order valence-corrected chi connectivity index (χ3v) is 21.0. The Kier molecular flexibility index (Phi) is 25.1. The van der Waals surface area contributed by atoms with Crippen molar-refractivity contribution in [1.29, 1.82) is 0 Å². The van der Waals surface area contributed by atoms with Crippen LogP contribution in [0.2, 0.25) is 5.04 Å². The maximum absolute atomic E-state index is 14.3. The number of nitrogens with one attached hydrogen (secondary N) is 8. The molecule has 0 aliphatic carbocycles. The summed E-state index contributed by atoms with van der Waals surface area (Å²) in [5, 5.41) is 35.0. The van der Waals surface area contributed by atoms with Gasteiger partial charge in [0.1, 0.15) is 30.2 Å². The molecule has 11 N–H and O–H groups in total. The Morgan fingerprint density at radius 3 is 1.76 bits per heavy atom. The third kappa shape index (κ3) is 20.0. The van der Waals surface area contributed by atoms with E-state index in [1.807, 2.05) is 42.5 Å². The number of carbonyl (C=O) groups excluding carboxylic acids is 7. The Morgan fingerprint density at radius 1 is 0.671 bits per heavy atom. The second kappa shape index (κ2) is 32.1. The van der Waals surface area contributed by atoms with Crippen LogP contribution in [0.4, 0.5) is 0 Å². The van der Waals surface area contributed by atoms with Crippen LogP contribution < -0.4 is 58.6 Å². The van der Waals surface area contributed by atoms with Gasteiger partial charge in [0.05, 0.1) is 63.2 Å². The number of rotatable bonds is 31. The molecule has 7 amide bonds. The Morgan fingerprint density at radius 2 is 1.20 bits per heavy atom. The van der Waals surface area contributed by atoms with Gasteiger partial charge in [-0.15, -0.1) is 11.8 Å². The van der Waals surface area contributed by atoms with Gasteiger partial charge in [-0.2, -0.15) is 0 Å². The lowest BCUT2D eigenvalue weighted by Crippen LogP contribution is -2.68. The number of hydrogen-bond acceptors (Lipinski definition) is 13. The number of thioether (sulfide) groups is 1. The molecule has 2 aliphatic heterocycles. The summed E-state index contributed by atoms with van der Waals surface area (Å²) in [6, 6.07) is 32.0. The van der Waals surface area contributed by atoms with Crippen LogP contribution in [0.3, 0.4) is 0 Å². The molecule has 23 heteroatoms. The number of carbonyl (C=O) groups is 8. The molecule has 4 aromatic rings. The molecule has 0 aromatic heterocycles. The van der Waals surface area contributed by atoms with Crippen molar-refractivity contribution >= 4 is 83.7 Å². The molecule has 0 saturated carbocycles. The molecule has 8 atom stereocenters. The highest BCUT2D eigenvalue weighted by Crippen LogP contribution is 2.37. The first-order valence-corrected chi connectivity index (χ1v) is 32.0. The molecule has 0 radical (unpaired) electrons. The quantitative estimate of drug-likeness (QED) is 0.0254. The monoisotopic (exact) mass is 1210 g/mol. The fourth-order valence-electron chi connectivity index (χ4n) is 10.4. The zero-order valence-corrected chi connectivity index (χ0v) is 51.5. The second-order valence-electron chi connectivity index (χ2n) is 23.2. The smallest absolute Gasteiger partial charge is 0.346 e. The zero-order valence-electron chi connectivity index (χ0n) is 49.7. The van der Waals surface area contributed by atoms with E-state index in [4.69, 9.17) is 14.9 Å². The van der Waals surface area contributed by atoms with Gasteiger partial charge < -0.3 is 51.9 Å². The van der Waals surface area contributed by atoms with Crippen LogP contribution in [0.25, 0.3) is 0 Å². The van der Waals surface area contributed by atoms with Crippen LogP contribution in [-0.4, -0.2) is 157 Å². The van der Waals surface area contributed by atoms with Crippen molar-refractivity contribution in [3.05, 3.63) is 132 Å². The first-order valence-electron chi connectivity index (χ1n) is 29.0. The van der Waals surface area contributed by atoms with Gasteiger partial charge in [0.15, 0.2) is 0 Å². The Balaban J connectivity index is 0.999. The fourth-order valence-corrected chi connectivity index (χ4v) is 15.9. The van der Waals surface area contributed by atoms with E-state index in [0.29, 0.717) is 17.9 Å². The summed E-state index contributed by atoms with van der Waals surface area (Å²) in [5.74, 6) is -5.36. The highest BCUT2D eigenvalue weighted by Gasteiger charge is 2.51. The Bertz CT molecular complexity index is 2880. The summed E-state index contributed by atoms with van der Waals surface area (Å²) in [7, 11) is -2.73. The van der Waals surface area contributed by atoms with Crippen LogP contribution in [0, 0.1) is 5.92 Å². The number of nitrogens with two attached hydrogens (primary N) is 1. The third-order valence-electron chi connectivity index (χ3n) is 14.9. The number of guanidine groups is 1. The maximum atomic E-state index is 14.3. The van der Waals surface area contributed by atoms with Crippen molar-refractivity contribution in [2.75, 3.05) is 37.7 Å². The molecule has 85 heavy (non-hydrogen) atoms. The number of carboxylic acids is 1. The predicted octanol–water partition coefficient (Wildman–Crippen LogP) is 1.80. The molecular weight excluding hydrogens is 1120 g/mol.